The highest BCUT2D eigenvalue weighted by Crippen LogP contribution is 2.29. The first-order chi connectivity index (χ1) is 14.9. The van der Waals surface area contributed by atoms with Gasteiger partial charge in [-0.2, -0.15) is 0 Å². The zero-order chi connectivity index (χ0) is 22.4. The van der Waals surface area contributed by atoms with Crippen molar-refractivity contribution in [1.82, 2.24) is 14.8 Å². The molecule has 0 fully saturated rings. The molecule has 0 saturated carbocycles. The Balaban J connectivity index is 1.76. The van der Waals surface area contributed by atoms with Gasteiger partial charge in [-0.1, -0.05) is 35.5 Å². The number of hydrogen-bond acceptors (Lipinski definition) is 6. The van der Waals surface area contributed by atoms with Crippen LogP contribution in [-0.2, 0) is 16.6 Å². The van der Waals surface area contributed by atoms with Gasteiger partial charge in [0, 0.05) is 30.6 Å². The van der Waals surface area contributed by atoms with Crippen molar-refractivity contribution in [2.75, 3.05) is 24.3 Å². The summed E-state index contributed by atoms with van der Waals surface area (Å²) in [5.74, 6) is 0.618. The Hall–Kier alpha value is -3.04. The smallest absolute Gasteiger partial charge is 0.237 e. The van der Waals surface area contributed by atoms with Crippen LogP contribution in [0.2, 0.25) is 5.02 Å². The highest BCUT2D eigenvalue weighted by molar-refractivity contribution is 7.99. The van der Waals surface area contributed by atoms with Crippen LogP contribution in [0.25, 0.3) is 11.4 Å². The van der Waals surface area contributed by atoms with Gasteiger partial charge in [-0.05, 0) is 36.4 Å². The molecule has 0 aliphatic rings. The second-order valence-corrected chi connectivity index (χ2v) is 7.97. The summed E-state index contributed by atoms with van der Waals surface area (Å²) in [6.45, 7) is 0.157. The lowest BCUT2D eigenvalue weighted by molar-refractivity contribution is -0.118. The molecule has 2 amide bonds. The van der Waals surface area contributed by atoms with E-state index >= 15 is 0 Å². The number of thioether (sulfide) groups is 1. The number of amides is 2. The van der Waals surface area contributed by atoms with E-state index in [0.717, 1.165) is 5.56 Å². The predicted octanol–water partition coefficient (Wildman–Crippen LogP) is 3.14. The fourth-order valence-electron chi connectivity index (χ4n) is 2.95. The molecule has 2 aromatic carbocycles. The van der Waals surface area contributed by atoms with Gasteiger partial charge in [0.1, 0.15) is 5.75 Å². The van der Waals surface area contributed by atoms with Crippen molar-refractivity contribution in [2.45, 2.75) is 11.6 Å². The summed E-state index contributed by atoms with van der Waals surface area (Å²) in [6.07, 6.45) is 0.0408. The number of rotatable bonds is 9. The van der Waals surface area contributed by atoms with Crippen molar-refractivity contribution in [2.24, 2.45) is 12.8 Å². The van der Waals surface area contributed by atoms with E-state index in [-0.39, 0.29) is 24.6 Å². The second kappa shape index (κ2) is 10.3. The molecule has 8 nitrogen and oxygen atoms in total. The summed E-state index contributed by atoms with van der Waals surface area (Å²) >= 11 is 7.21. The minimum absolute atomic E-state index is 0.0408. The lowest BCUT2D eigenvalue weighted by Crippen LogP contribution is -2.35. The molecule has 0 aliphatic carbocycles. The second-order valence-electron chi connectivity index (χ2n) is 6.59. The first kappa shape index (κ1) is 22.6. The largest absolute Gasteiger partial charge is 0.495 e. The van der Waals surface area contributed by atoms with Gasteiger partial charge in [-0.25, -0.2) is 0 Å². The molecule has 0 unspecified atom stereocenters. The van der Waals surface area contributed by atoms with Crippen molar-refractivity contribution in [3.05, 3.63) is 53.6 Å². The molecule has 2 N–H and O–H groups in total. The zero-order valence-electron chi connectivity index (χ0n) is 17.1. The number of nitrogens with zero attached hydrogens (tertiary/aromatic N) is 4. The number of aromatic nitrogens is 3. The van der Waals surface area contributed by atoms with Gasteiger partial charge in [0.2, 0.25) is 11.8 Å². The van der Waals surface area contributed by atoms with Gasteiger partial charge in [0.25, 0.3) is 0 Å². The van der Waals surface area contributed by atoms with Crippen LogP contribution in [0.1, 0.15) is 6.42 Å². The molecule has 0 aliphatic heterocycles. The quantitative estimate of drug-likeness (QED) is 0.493. The summed E-state index contributed by atoms with van der Waals surface area (Å²) in [4.78, 5) is 25.9. The van der Waals surface area contributed by atoms with Gasteiger partial charge in [0.15, 0.2) is 11.0 Å². The number of primary amides is 1. The summed E-state index contributed by atoms with van der Waals surface area (Å²) in [6, 6.07) is 14.4. The predicted molar refractivity (Wildman–Crippen MR) is 121 cm³/mol. The molecule has 0 bridgehead atoms. The number of anilines is 1. The first-order valence-electron chi connectivity index (χ1n) is 9.40. The van der Waals surface area contributed by atoms with Gasteiger partial charge in [0.05, 0.1) is 18.6 Å². The van der Waals surface area contributed by atoms with E-state index in [2.05, 4.69) is 10.2 Å². The summed E-state index contributed by atoms with van der Waals surface area (Å²) < 4.78 is 7.19. The number of ether oxygens (including phenoxy) is 1. The first-order valence-corrected chi connectivity index (χ1v) is 10.8. The van der Waals surface area contributed by atoms with Crippen LogP contribution in [0.15, 0.2) is 53.7 Å². The van der Waals surface area contributed by atoms with E-state index in [1.165, 1.54) is 23.8 Å². The molecule has 0 radical (unpaired) electrons. The van der Waals surface area contributed by atoms with Gasteiger partial charge < -0.3 is 19.9 Å². The molecule has 0 spiro atoms. The standard InChI is InChI=1S/C21H22ClN5O3S/c1-26-20(14-7-9-15(22)10-8-14)24-25-21(26)31-13-19(29)27(12-11-18(23)28)16-5-3-4-6-17(16)30-2/h3-10H,11-13H2,1-2H3,(H2,23,28). The molecule has 31 heavy (non-hydrogen) atoms. The summed E-state index contributed by atoms with van der Waals surface area (Å²) in [5, 5.41) is 9.65. The van der Waals surface area contributed by atoms with E-state index in [4.69, 9.17) is 22.1 Å². The van der Waals surface area contributed by atoms with Crippen LogP contribution in [0.5, 0.6) is 5.75 Å². The third-order valence-electron chi connectivity index (χ3n) is 4.52. The Bertz CT molecular complexity index is 1070. The molecule has 10 heteroatoms. The number of methoxy groups -OCH3 is 1. The average Bonchev–Trinajstić information content (AvgIpc) is 3.13. The number of benzene rings is 2. The number of halogens is 1. The van der Waals surface area contributed by atoms with Crippen molar-refractivity contribution in [1.29, 1.82) is 0 Å². The van der Waals surface area contributed by atoms with Crippen LogP contribution in [0.3, 0.4) is 0 Å². The Morgan fingerprint density at radius 2 is 1.87 bits per heavy atom. The topological polar surface area (TPSA) is 103 Å². The monoisotopic (exact) mass is 459 g/mol. The third-order valence-corrected chi connectivity index (χ3v) is 5.78. The van der Waals surface area contributed by atoms with Gasteiger partial charge in [-0.3, -0.25) is 9.59 Å². The Morgan fingerprint density at radius 1 is 1.16 bits per heavy atom. The van der Waals surface area contributed by atoms with Crippen molar-refractivity contribution >= 4 is 40.9 Å². The number of hydrogen-bond donors (Lipinski definition) is 1. The number of nitrogens with two attached hydrogens (primary N) is 1. The van der Waals surface area contributed by atoms with Crippen LogP contribution in [0, 0.1) is 0 Å². The van der Waals surface area contributed by atoms with E-state index in [1.807, 2.05) is 29.8 Å². The lowest BCUT2D eigenvalue weighted by Gasteiger charge is -2.24. The maximum absolute atomic E-state index is 13.0. The van der Waals surface area contributed by atoms with Crippen LogP contribution in [0.4, 0.5) is 5.69 Å². The lowest BCUT2D eigenvalue weighted by atomic mass is 10.2. The van der Waals surface area contributed by atoms with E-state index in [0.29, 0.717) is 27.4 Å². The molecule has 1 aromatic heterocycles. The van der Waals surface area contributed by atoms with E-state index in [1.54, 1.807) is 30.3 Å². The molecular weight excluding hydrogens is 438 g/mol. The number of carbonyl (C=O) groups excluding carboxylic acids is 2. The molecule has 0 atom stereocenters. The molecular formula is C21H22ClN5O3S. The minimum atomic E-state index is -0.485. The fraction of sp³-hybridized carbons (Fsp3) is 0.238. The highest BCUT2D eigenvalue weighted by atomic mass is 35.5. The van der Waals surface area contributed by atoms with Crippen molar-refractivity contribution in [3.63, 3.8) is 0 Å². The van der Waals surface area contributed by atoms with E-state index in [9.17, 15) is 9.59 Å². The van der Waals surface area contributed by atoms with Crippen LogP contribution in [-0.4, -0.2) is 46.0 Å². The van der Waals surface area contributed by atoms with Gasteiger partial charge in [-0.15, -0.1) is 10.2 Å². The normalized spacial score (nSPS) is 10.7. The molecule has 3 rings (SSSR count). The van der Waals surface area contributed by atoms with Crippen molar-refractivity contribution < 1.29 is 14.3 Å². The highest BCUT2D eigenvalue weighted by Gasteiger charge is 2.21. The average molecular weight is 460 g/mol. The maximum Gasteiger partial charge on any atom is 0.237 e. The van der Waals surface area contributed by atoms with Crippen molar-refractivity contribution in [3.8, 4) is 17.1 Å². The van der Waals surface area contributed by atoms with Gasteiger partial charge >= 0.3 is 0 Å². The Morgan fingerprint density at radius 3 is 2.55 bits per heavy atom. The SMILES string of the molecule is COc1ccccc1N(CCC(N)=O)C(=O)CSc1nnc(-c2ccc(Cl)cc2)n1C. The molecule has 1 heterocycles. The maximum atomic E-state index is 13.0. The molecule has 0 saturated heterocycles. The molecule has 162 valence electrons. The zero-order valence-corrected chi connectivity index (χ0v) is 18.7. The summed E-state index contributed by atoms with van der Waals surface area (Å²) in [5.41, 5.74) is 6.75. The minimum Gasteiger partial charge on any atom is -0.495 e. The van der Waals surface area contributed by atoms with Crippen LogP contribution < -0.4 is 15.4 Å². The third kappa shape index (κ3) is 5.56. The summed E-state index contributed by atoms with van der Waals surface area (Å²) in [7, 11) is 3.37. The number of carbonyl (C=O) groups is 2. The number of para-hydroxylation sites is 2. The molecule has 3 aromatic rings. The van der Waals surface area contributed by atoms with Crippen LogP contribution >= 0.6 is 23.4 Å². The Labute approximate surface area is 189 Å². The fourth-order valence-corrected chi connectivity index (χ4v) is 3.86. The van der Waals surface area contributed by atoms with E-state index < -0.39 is 5.91 Å². The Kier molecular flexibility index (Phi) is 7.54.